The number of aliphatic hydroxyl groups excluding tert-OH is 3. The molecule has 382 valence electrons. The molecule has 0 aliphatic carbocycles. The second kappa shape index (κ2) is 42.5. The highest BCUT2D eigenvalue weighted by atomic mass is 32.2. The van der Waals surface area contributed by atoms with Crippen LogP contribution in [0.2, 0.25) is 0 Å². The molecule has 1 rings (SSSR count). The second-order valence-corrected chi connectivity index (χ2v) is 19.3. The van der Waals surface area contributed by atoms with E-state index in [0.717, 1.165) is 44.9 Å². The van der Waals surface area contributed by atoms with E-state index in [9.17, 15) is 37.9 Å². The maximum atomic E-state index is 12.8. The van der Waals surface area contributed by atoms with Gasteiger partial charge in [0.2, 0.25) is 0 Å². The standard InChI is InChI=1S/C53H92O12S/c1-3-5-7-9-11-13-15-17-19-21-23-25-27-29-31-33-35-37-39-41-48(54)62-43-46(44-63-53-52(58)51(57)50(56)47(65-53)45-66(59,60)61)64-49(55)42-40-38-36-34-32-30-28-26-24-22-20-18-16-14-12-10-8-6-4-2/h12,14,18,20,24,26,30,32,36,38,46-47,50-53,56-58H,3-11,13,15-17,19,21-23,25,27-29,31,33-35,37,39-45H2,1-2H3,(H,59,60,61)/b14-12+,20-18+,26-24+,32-30+,38-36+/t46-,47-,50-,51?,52?,53+/m1/s1. The van der Waals surface area contributed by atoms with Crippen molar-refractivity contribution in [2.45, 2.75) is 243 Å². The molecule has 0 aromatic rings. The summed E-state index contributed by atoms with van der Waals surface area (Å²) in [6.07, 6.45) is 44.2. The minimum Gasteiger partial charge on any atom is -0.462 e. The summed E-state index contributed by atoms with van der Waals surface area (Å²) in [5.74, 6) is -2.09. The highest BCUT2D eigenvalue weighted by Gasteiger charge is 2.46. The smallest absolute Gasteiger partial charge is 0.306 e. The summed E-state index contributed by atoms with van der Waals surface area (Å²) in [6.45, 7) is 3.70. The van der Waals surface area contributed by atoms with Gasteiger partial charge in [0.05, 0.1) is 6.61 Å². The van der Waals surface area contributed by atoms with Crippen LogP contribution in [0, 0.1) is 0 Å². The van der Waals surface area contributed by atoms with Gasteiger partial charge in [-0.25, -0.2) is 0 Å². The largest absolute Gasteiger partial charge is 0.462 e. The van der Waals surface area contributed by atoms with Crippen LogP contribution < -0.4 is 0 Å². The molecule has 1 fully saturated rings. The number of esters is 2. The summed E-state index contributed by atoms with van der Waals surface area (Å²) >= 11 is 0. The van der Waals surface area contributed by atoms with Gasteiger partial charge in [-0.1, -0.05) is 203 Å². The molecule has 66 heavy (non-hydrogen) atoms. The molecule has 0 spiro atoms. The van der Waals surface area contributed by atoms with Gasteiger partial charge >= 0.3 is 11.9 Å². The molecule has 0 aromatic carbocycles. The Balaban J connectivity index is 2.43. The van der Waals surface area contributed by atoms with E-state index in [-0.39, 0.29) is 19.4 Å². The maximum absolute atomic E-state index is 12.8. The Hall–Kier alpha value is -2.65. The van der Waals surface area contributed by atoms with E-state index in [4.69, 9.17) is 18.9 Å². The normalized spacial score (nSPS) is 19.9. The molecule has 1 aliphatic heterocycles. The zero-order chi connectivity index (χ0) is 48.4. The van der Waals surface area contributed by atoms with Crippen molar-refractivity contribution in [2.75, 3.05) is 19.0 Å². The van der Waals surface area contributed by atoms with Crippen molar-refractivity contribution < 1.29 is 56.8 Å². The molecular formula is C53H92O12S. The van der Waals surface area contributed by atoms with Gasteiger partial charge in [-0.15, -0.1) is 0 Å². The molecule has 0 amide bonds. The molecule has 1 saturated heterocycles. The number of unbranched alkanes of at least 4 members (excludes halogenated alkanes) is 21. The second-order valence-electron chi connectivity index (χ2n) is 17.8. The quantitative estimate of drug-likeness (QED) is 0.0196. The van der Waals surface area contributed by atoms with Gasteiger partial charge in [0.15, 0.2) is 12.4 Å². The van der Waals surface area contributed by atoms with Crippen molar-refractivity contribution >= 4 is 22.1 Å². The molecule has 1 aliphatic rings. The number of carbonyl (C=O) groups is 2. The van der Waals surface area contributed by atoms with Crippen LogP contribution in [0.1, 0.15) is 206 Å². The fourth-order valence-corrected chi connectivity index (χ4v) is 8.29. The molecule has 0 aromatic heterocycles. The fourth-order valence-electron chi connectivity index (χ4n) is 7.60. The van der Waals surface area contributed by atoms with Crippen LogP contribution in [-0.2, 0) is 38.7 Å². The lowest BCUT2D eigenvalue weighted by Gasteiger charge is -2.40. The molecule has 0 saturated carbocycles. The number of ether oxygens (including phenoxy) is 4. The summed E-state index contributed by atoms with van der Waals surface area (Å²) in [6, 6.07) is 0. The van der Waals surface area contributed by atoms with E-state index in [1.807, 2.05) is 12.2 Å². The number of rotatable bonds is 43. The lowest BCUT2D eigenvalue weighted by Crippen LogP contribution is -2.60. The van der Waals surface area contributed by atoms with E-state index in [0.29, 0.717) is 19.3 Å². The highest BCUT2D eigenvalue weighted by Crippen LogP contribution is 2.24. The van der Waals surface area contributed by atoms with E-state index < -0.39 is 71.2 Å². The van der Waals surface area contributed by atoms with Crippen LogP contribution in [0.15, 0.2) is 60.8 Å². The van der Waals surface area contributed by atoms with E-state index in [2.05, 4.69) is 62.5 Å². The Kier molecular flexibility index (Phi) is 39.5. The predicted molar refractivity (Wildman–Crippen MR) is 265 cm³/mol. The first kappa shape index (κ1) is 61.4. The summed E-state index contributed by atoms with van der Waals surface area (Å²) in [7, 11) is -4.62. The summed E-state index contributed by atoms with van der Waals surface area (Å²) in [5.41, 5.74) is 0. The molecule has 12 nitrogen and oxygen atoms in total. The van der Waals surface area contributed by atoms with E-state index in [1.54, 1.807) is 0 Å². The fraction of sp³-hybridized carbons (Fsp3) is 0.774. The molecule has 13 heteroatoms. The third kappa shape index (κ3) is 36.4. The SMILES string of the molecule is CCCCC/C=C/C/C=C/C/C=C/C/C=C/C/C=C/CCC(=O)O[C@H](COC(=O)CCCCCCCCCCCCCCCCCCCCC)CO[C@H]1O[C@H](CS(=O)(=O)O)[C@@H](O)C(O)C1O. The number of hydrogen-bond donors (Lipinski definition) is 4. The van der Waals surface area contributed by atoms with E-state index >= 15 is 0 Å². The van der Waals surface area contributed by atoms with Gasteiger partial charge in [-0.05, 0) is 51.4 Å². The summed E-state index contributed by atoms with van der Waals surface area (Å²) < 4.78 is 54.1. The van der Waals surface area contributed by atoms with Gasteiger partial charge in [0.25, 0.3) is 10.1 Å². The molecule has 2 unspecified atom stereocenters. The summed E-state index contributed by atoms with van der Waals surface area (Å²) in [4.78, 5) is 25.5. The van der Waals surface area contributed by atoms with Gasteiger partial charge in [-0.2, -0.15) is 8.42 Å². The van der Waals surface area contributed by atoms with Crippen LogP contribution >= 0.6 is 0 Å². The third-order valence-electron chi connectivity index (χ3n) is 11.6. The molecule has 6 atom stereocenters. The maximum Gasteiger partial charge on any atom is 0.306 e. The Morgan fingerprint density at radius 2 is 0.939 bits per heavy atom. The van der Waals surface area contributed by atoms with Gasteiger partial charge in [0, 0.05) is 12.8 Å². The Morgan fingerprint density at radius 3 is 1.41 bits per heavy atom. The molecular weight excluding hydrogens is 861 g/mol. The van der Waals surface area contributed by atoms with Crippen molar-refractivity contribution in [3.8, 4) is 0 Å². The Morgan fingerprint density at radius 1 is 0.515 bits per heavy atom. The van der Waals surface area contributed by atoms with E-state index in [1.165, 1.54) is 116 Å². The minimum absolute atomic E-state index is 0.0405. The predicted octanol–water partition coefficient (Wildman–Crippen LogP) is 11.7. The zero-order valence-electron chi connectivity index (χ0n) is 41.0. The molecule has 0 bridgehead atoms. The minimum atomic E-state index is -4.62. The van der Waals surface area contributed by atoms with Crippen molar-refractivity contribution in [3.63, 3.8) is 0 Å². The topological polar surface area (TPSA) is 186 Å². The number of aliphatic hydroxyl groups is 3. The molecule has 1 heterocycles. The molecule has 0 radical (unpaired) electrons. The van der Waals surface area contributed by atoms with Gasteiger partial charge in [-0.3, -0.25) is 14.1 Å². The third-order valence-corrected chi connectivity index (χ3v) is 12.4. The van der Waals surface area contributed by atoms with Crippen molar-refractivity contribution in [3.05, 3.63) is 60.8 Å². The lowest BCUT2D eigenvalue weighted by atomic mass is 10.00. The first-order chi connectivity index (χ1) is 32.0. The average Bonchev–Trinajstić information content (AvgIpc) is 3.28. The number of allylic oxidation sites excluding steroid dienone is 10. The Labute approximate surface area is 400 Å². The van der Waals surface area contributed by atoms with Crippen LogP contribution in [-0.4, -0.2) is 96.0 Å². The monoisotopic (exact) mass is 953 g/mol. The lowest BCUT2D eigenvalue weighted by molar-refractivity contribution is -0.297. The summed E-state index contributed by atoms with van der Waals surface area (Å²) in [5, 5.41) is 31.0. The highest BCUT2D eigenvalue weighted by molar-refractivity contribution is 7.85. The van der Waals surface area contributed by atoms with Gasteiger partial charge in [0.1, 0.15) is 36.8 Å². The Bertz CT molecular complexity index is 1440. The average molecular weight is 953 g/mol. The zero-order valence-corrected chi connectivity index (χ0v) is 41.9. The number of hydrogen-bond acceptors (Lipinski definition) is 11. The van der Waals surface area contributed by atoms with Crippen LogP contribution in [0.4, 0.5) is 0 Å². The molecule has 4 N–H and O–H groups in total. The van der Waals surface area contributed by atoms with Crippen molar-refractivity contribution in [2.24, 2.45) is 0 Å². The van der Waals surface area contributed by atoms with Crippen LogP contribution in [0.3, 0.4) is 0 Å². The van der Waals surface area contributed by atoms with Gasteiger partial charge < -0.3 is 34.3 Å². The first-order valence-corrected chi connectivity index (χ1v) is 27.5. The van der Waals surface area contributed by atoms with Crippen molar-refractivity contribution in [1.29, 1.82) is 0 Å². The van der Waals surface area contributed by atoms with Crippen molar-refractivity contribution in [1.82, 2.24) is 0 Å². The number of carbonyl (C=O) groups excluding carboxylic acids is 2. The van der Waals surface area contributed by atoms with Crippen LogP contribution in [0.25, 0.3) is 0 Å². The first-order valence-electron chi connectivity index (χ1n) is 25.8. The van der Waals surface area contributed by atoms with Crippen LogP contribution in [0.5, 0.6) is 0 Å².